The topological polar surface area (TPSA) is 56.7 Å². The molecule has 182 valence electrons. The maximum Gasteiger partial charge on any atom is 0.273 e. The van der Waals surface area contributed by atoms with Crippen molar-refractivity contribution in [2.24, 2.45) is 11.3 Å². The Balaban J connectivity index is 1.56. The Morgan fingerprint density at radius 1 is 1.36 bits per heavy atom. The van der Waals surface area contributed by atoms with Gasteiger partial charge in [0.1, 0.15) is 11.5 Å². The van der Waals surface area contributed by atoms with Crippen LogP contribution in [0.1, 0.15) is 66.7 Å². The number of amides is 1. The van der Waals surface area contributed by atoms with Crippen molar-refractivity contribution < 1.29 is 14.3 Å². The molecule has 2 heterocycles. The summed E-state index contributed by atoms with van der Waals surface area (Å²) in [7, 11) is 2.01. The fraction of sp³-hybridized carbons (Fsp3) is 0.615. The molecular weight excluding hydrogens is 437 g/mol. The van der Waals surface area contributed by atoms with E-state index < -0.39 is 0 Å². The van der Waals surface area contributed by atoms with Crippen LogP contribution in [0, 0.1) is 17.2 Å². The van der Waals surface area contributed by atoms with Crippen LogP contribution in [0.25, 0.3) is 0 Å². The van der Waals surface area contributed by atoms with Gasteiger partial charge in [-0.25, -0.2) is 9.37 Å². The van der Waals surface area contributed by atoms with Crippen molar-refractivity contribution in [2.75, 3.05) is 33.3 Å². The Morgan fingerprint density at radius 2 is 2.12 bits per heavy atom. The molecule has 33 heavy (non-hydrogen) atoms. The van der Waals surface area contributed by atoms with Gasteiger partial charge in [0, 0.05) is 43.6 Å². The van der Waals surface area contributed by atoms with Crippen molar-refractivity contribution in [3.05, 3.63) is 51.2 Å². The molecular formula is C26H38FN3O2S. The first kappa shape index (κ1) is 25.8. The van der Waals surface area contributed by atoms with E-state index in [0.717, 1.165) is 50.3 Å². The molecule has 1 aromatic carbocycles. The third kappa shape index (κ3) is 7.08. The van der Waals surface area contributed by atoms with Crippen LogP contribution in [-0.4, -0.2) is 59.1 Å². The lowest BCUT2D eigenvalue weighted by Crippen LogP contribution is -2.46. The fourth-order valence-corrected chi connectivity index (χ4v) is 5.59. The molecule has 1 fully saturated rings. The summed E-state index contributed by atoms with van der Waals surface area (Å²) < 4.78 is 14.7. The first-order chi connectivity index (χ1) is 15.7. The molecule has 3 rings (SSSR count). The van der Waals surface area contributed by atoms with Gasteiger partial charge in [-0.05, 0) is 56.2 Å². The number of aliphatic hydroxyl groups excluding tert-OH is 1. The van der Waals surface area contributed by atoms with Crippen LogP contribution in [0.15, 0.2) is 23.6 Å². The fourth-order valence-electron chi connectivity index (χ4n) is 4.61. The largest absolute Gasteiger partial charge is 0.396 e. The van der Waals surface area contributed by atoms with Crippen molar-refractivity contribution in [2.45, 2.75) is 59.4 Å². The molecule has 1 amide bonds. The van der Waals surface area contributed by atoms with E-state index in [-0.39, 0.29) is 23.7 Å². The highest BCUT2D eigenvalue weighted by Crippen LogP contribution is 2.34. The summed E-state index contributed by atoms with van der Waals surface area (Å²) in [5.74, 6) is 0.363. The van der Waals surface area contributed by atoms with E-state index in [4.69, 9.17) is 5.11 Å². The average molecular weight is 476 g/mol. The quantitative estimate of drug-likeness (QED) is 0.537. The Bertz CT molecular complexity index is 932. The van der Waals surface area contributed by atoms with Crippen molar-refractivity contribution in [1.29, 1.82) is 0 Å². The molecule has 2 aromatic rings. The van der Waals surface area contributed by atoms with Crippen LogP contribution in [0.4, 0.5) is 4.39 Å². The van der Waals surface area contributed by atoms with E-state index in [1.165, 1.54) is 0 Å². The number of hydrogen-bond acceptors (Lipinski definition) is 5. The van der Waals surface area contributed by atoms with Crippen molar-refractivity contribution in [3.8, 4) is 0 Å². The van der Waals surface area contributed by atoms with Crippen LogP contribution in [0.3, 0.4) is 0 Å². The number of aliphatic hydroxyl groups is 1. The summed E-state index contributed by atoms with van der Waals surface area (Å²) in [4.78, 5) is 21.8. The Labute approximate surface area is 201 Å². The van der Waals surface area contributed by atoms with Crippen LogP contribution in [0.2, 0.25) is 0 Å². The number of nitrogens with zero attached hydrogens (tertiary/aromatic N) is 3. The Hall–Kier alpha value is -1.83. The van der Waals surface area contributed by atoms with Crippen LogP contribution < -0.4 is 0 Å². The molecule has 1 N–H and O–H groups in total. The van der Waals surface area contributed by atoms with Gasteiger partial charge in [-0.1, -0.05) is 39.0 Å². The number of carbonyl (C=O) groups excluding carboxylic acids is 1. The number of piperidine rings is 1. The van der Waals surface area contributed by atoms with Crippen molar-refractivity contribution in [1.82, 2.24) is 14.8 Å². The molecule has 7 heteroatoms. The number of hydrogen-bond donors (Lipinski definition) is 1. The van der Waals surface area contributed by atoms with Gasteiger partial charge in [-0.3, -0.25) is 4.79 Å². The number of thiazole rings is 1. The number of aromatic nitrogens is 1. The lowest BCUT2D eigenvalue weighted by Gasteiger charge is -2.41. The normalized spacial score (nSPS) is 19.0. The average Bonchev–Trinajstić information content (AvgIpc) is 3.22. The smallest absolute Gasteiger partial charge is 0.273 e. The van der Waals surface area contributed by atoms with Gasteiger partial charge in [0.2, 0.25) is 0 Å². The van der Waals surface area contributed by atoms with E-state index in [1.54, 1.807) is 17.4 Å². The zero-order chi connectivity index (χ0) is 24.0. The highest BCUT2D eigenvalue weighted by molar-refractivity contribution is 7.09. The number of rotatable bonds is 10. The van der Waals surface area contributed by atoms with Gasteiger partial charge < -0.3 is 14.9 Å². The molecule has 0 bridgehead atoms. The first-order valence-electron chi connectivity index (χ1n) is 12.0. The molecule has 0 aliphatic carbocycles. The molecule has 1 atom stereocenters. The third-order valence-corrected chi connectivity index (χ3v) is 7.37. The minimum atomic E-state index is -0.209. The van der Waals surface area contributed by atoms with E-state index in [1.807, 2.05) is 29.5 Å². The maximum atomic E-state index is 14.7. The SMILES string of the molecule is CC(C)Cc1nc(C(=O)N2CCCC(C)(CCN(C)Cc3cccc(CCO)c3F)C2)cs1. The number of halogens is 1. The Kier molecular flexibility index (Phi) is 9.02. The summed E-state index contributed by atoms with van der Waals surface area (Å²) in [5.41, 5.74) is 1.84. The van der Waals surface area contributed by atoms with Gasteiger partial charge >= 0.3 is 0 Å². The van der Waals surface area contributed by atoms with Gasteiger partial charge in [0.15, 0.2) is 0 Å². The number of likely N-dealkylation sites (tertiary alicyclic amines) is 1. The minimum Gasteiger partial charge on any atom is -0.396 e. The second kappa shape index (κ2) is 11.5. The monoisotopic (exact) mass is 475 g/mol. The maximum absolute atomic E-state index is 14.7. The summed E-state index contributed by atoms with van der Waals surface area (Å²) in [6.45, 7) is 9.41. The molecule has 5 nitrogen and oxygen atoms in total. The highest BCUT2D eigenvalue weighted by atomic mass is 32.1. The lowest BCUT2D eigenvalue weighted by atomic mass is 9.78. The summed E-state index contributed by atoms with van der Waals surface area (Å²) in [5, 5.41) is 12.1. The molecule has 0 saturated carbocycles. The molecule has 1 saturated heterocycles. The van der Waals surface area contributed by atoms with Crippen LogP contribution >= 0.6 is 11.3 Å². The molecule has 1 unspecified atom stereocenters. The standard InChI is InChI=1S/C26H38FN3O2S/c1-19(2)15-23-28-22(17-33-23)25(32)30-12-6-10-26(3,18-30)11-13-29(4)16-21-8-5-7-20(9-14-31)24(21)27/h5,7-8,17,19,31H,6,9-16,18H2,1-4H3. The van der Waals surface area contributed by atoms with E-state index in [0.29, 0.717) is 35.7 Å². The van der Waals surface area contributed by atoms with Crippen molar-refractivity contribution >= 4 is 17.2 Å². The highest BCUT2D eigenvalue weighted by Gasteiger charge is 2.34. The number of benzene rings is 1. The van der Waals surface area contributed by atoms with Gasteiger partial charge in [-0.2, -0.15) is 0 Å². The summed E-state index contributed by atoms with van der Waals surface area (Å²) in [6, 6.07) is 5.41. The molecule has 1 aliphatic rings. The predicted octanol–water partition coefficient (Wildman–Crippen LogP) is 4.78. The van der Waals surface area contributed by atoms with Crippen molar-refractivity contribution in [3.63, 3.8) is 0 Å². The van der Waals surface area contributed by atoms with E-state index >= 15 is 0 Å². The molecule has 0 radical (unpaired) electrons. The second-order valence-electron chi connectivity index (χ2n) is 10.2. The van der Waals surface area contributed by atoms with Gasteiger partial charge in [0.25, 0.3) is 5.91 Å². The van der Waals surface area contributed by atoms with Gasteiger partial charge in [-0.15, -0.1) is 11.3 Å². The zero-order valence-corrected chi connectivity index (χ0v) is 21.3. The van der Waals surface area contributed by atoms with E-state index in [9.17, 15) is 9.18 Å². The number of carbonyl (C=O) groups is 1. The minimum absolute atomic E-state index is 0.0379. The summed E-state index contributed by atoms with van der Waals surface area (Å²) >= 11 is 1.58. The molecule has 1 aliphatic heterocycles. The summed E-state index contributed by atoms with van der Waals surface area (Å²) in [6.07, 6.45) is 4.27. The lowest BCUT2D eigenvalue weighted by molar-refractivity contribution is 0.0503. The van der Waals surface area contributed by atoms with Crippen LogP contribution in [-0.2, 0) is 19.4 Å². The molecule has 1 aromatic heterocycles. The van der Waals surface area contributed by atoms with E-state index in [2.05, 4.69) is 30.7 Å². The van der Waals surface area contributed by atoms with Crippen LogP contribution in [0.5, 0.6) is 0 Å². The van der Waals surface area contributed by atoms with Gasteiger partial charge in [0.05, 0.1) is 5.01 Å². The second-order valence-corrected chi connectivity index (χ2v) is 11.2. The predicted molar refractivity (Wildman–Crippen MR) is 132 cm³/mol. The molecule has 0 spiro atoms. The Morgan fingerprint density at radius 3 is 2.85 bits per heavy atom. The zero-order valence-electron chi connectivity index (χ0n) is 20.4. The third-order valence-electron chi connectivity index (χ3n) is 6.50. The first-order valence-corrected chi connectivity index (χ1v) is 12.9.